The zero-order valence-electron chi connectivity index (χ0n) is 19.1. The van der Waals surface area contributed by atoms with E-state index in [9.17, 15) is 22.8 Å². The van der Waals surface area contributed by atoms with Crippen LogP contribution in [0.2, 0.25) is 0 Å². The van der Waals surface area contributed by atoms with Crippen molar-refractivity contribution in [2.45, 2.75) is 32.3 Å². The minimum Gasteiger partial charge on any atom is -0.453 e. The number of esters is 1. The molecule has 1 aliphatic rings. The Morgan fingerprint density at radius 2 is 1.85 bits per heavy atom. The highest BCUT2D eigenvalue weighted by Crippen LogP contribution is 2.40. The summed E-state index contributed by atoms with van der Waals surface area (Å²) in [6.45, 7) is 3.27. The van der Waals surface area contributed by atoms with E-state index in [0.29, 0.717) is 11.3 Å². The van der Waals surface area contributed by atoms with Gasteiger partial charge in [0.2, 0.25) is 0 Å². The molecule has 0 atom stereocenters. The fourth-order valence-corrected chi connectivity index (χ4v) is 4.31. The number of amides is 1. The first-order valence-corrected chi connectivity index (χ1v) is 10.9. The van der Waals surface area contributed by atoms with Crippen LogP contribution in [0.4, 0.5) is 13.2 Å². The number of carbonyl (C=O) groups excluding carboxylic acids is 2. The molecule has 5 nitrogen and oxygen atoms in total. The molecule has 8 heteroatoms. The molecule has 0 unspecified atom stereocenters. The summed E-state index contributed by atoms with van der Waals surface area (Å²) in [5.41, 5.74) is 1.79. The second-order valence-corrected chi connectivity index (χ2v) is 9.08. The lowest BCUT2D eigenvalue weighted by molar-refractivity contribution is -0.143. The van der Waals surface area contributed by atoms with Gasteiger partial charge in [-0.1, -0.05) is 38.1 Å². The first-order chi connectivity index (χ1) is 16.2. The van der Waals surface area contributed by atoms with Gasteiger partial charge in [-0.25, -0.2) is 18.0 Å². The number of aryl methyl sites for hydroxylation is 1. The van der Waals surface area contributed by atoms with Crippen LogP contribution in [0, 0.1) is 12.7 Å². The van der Waals surface area contributed by atoms with Crippen LogP contribution in [-0.2, 0) is 14.9 Å². The van der Waals surface area contributed by atoms with Crippen LogP contribution in [0.25, 0.3) is 16.5 Å². The Kier molecular flexibility index (Phi) is 6.25. The summed E-state index contributed by atoms with van der Waals surface area (Å²) >= 11 is 0. The van der Waals surface area contributed by atoms with E-state index in [0.717, 1.165) is 22.5 Å². The van der Waals surface area contributed by atoms with Crippen molar-refractivity contribution in [1.82, 2.24) is 9.88 Å². The number of hydrogen-bond acceptors (Lipinski definition) is 3. The normalized spacial score (nSPS) is 15.1. The van der Waals surface area contributed by atoms with Crippen LogP contribution in [0.5, 0.6) is 0 Å². The molecule has 0 radical (unpaired) electrons. The molecule has 0 bridgehead atoms. The van der Waals surface area contributed by atoms with E-state index in [4.69, 9.17) is 4.74 Å². The van der Waals surface area contributed by atoms with Gasteiger partial charge >= 0.3 is 5.97 Å². The Balaban J connectivity index is 1.87. The molecule has 2 heterocycles. The van der Waals surface area contributed by atoms with Crippen LogP contribution in [0.1, 0.15) is 41.0 Å². The Labute approximate surface area is 195 Å². The van der Waals surface area contributed by atoms with Gasteiger partial charge in [0.1, 0.15) is 19.2 Å². The molecule has 4 rings (SSSR count). The zero-order valence-corrected chi connectivity index (χ0v) is 19.1. The van der Waals surface area contributed by atoms with Crippen molar-refractivity contribution in [1.29, 1.82) is 0 Å². The Bertz CT molecular complexity index is 1290. The minimum atomic E-state index is -1.55. The molecular formula is C26H25F3N2O3. The molecule has 0 fully saturated rings. The van der Waals surface area contributed by atoms with Crippen LogP contribution in [-0.4, -0.2) is 47.8 Å². The molecule has 0 aliphatic carbocycles. The van der Waals surface area contributed by atoms with E-state index in [2.05, 4.69) is 4.98 Å². The topological polar surface area (TPSA) is 62.4 Å². The Morgan fingerprint density at radius 1 is 1.15 bits per heavy atom. The van der Waals surface area contributed by atoms with Crippen molar-refractivity contribution in [3.8, 4) is 0 Å². The fourth-order valence-electron chi connectivity index (χ4n) is 4.31. The number of ether oxygens (including phenoxy) is 1. The fraction of sp³-hybridized carbons (Fsp3) is 0.308. The third-order valence-corrected chi connectivity index (χ3v) is 6.02. The summed E-state index contributed by atoms with van der Waals surface area (Å²) in [5, 5.41) is 0.851. The van der Waals surface area contributed by atoms with Crippen molar-refractivity contribution in [3.05, 3.63) is 76.9 Å². The molecule has 34 heavy (non-hydrogen) atoms. The third kappa shape index (κ3) is 4.20. The van der Waals surface area contributed by atoms with Crippen molar-refractivity contribution in [2.75, 3.05) is 19.9 Å². The minimum absolute atomic E-state index is 0.0374. The lowest BCUT2D eigenvalue weighted by Crippen LogP contribution is -2.37. The van der Waals surface area contributed by atoms with Crippen molar-refractivity contribution >= 4 is 28.4 Å². The highest BCUT2D eigenvalue weighted by molar-refractivity contribution is 6.18. The number of alkyl halides is 2. The SMILES string of the molecule is Cc1ccc(C(=O)N2C=C(C(=O)OC(CF)CF)c3[nH]c4ccccc4c3C(C)(C)C2)cc1F. The number of aromatic nitrogens is 1. The number of hydrogen-bond donors (Lipinski definition) is 1. The zero-order chi connectivity index (χ0) is 24.6. The summed E-state index contributed by atoms with van der Waals surface area (Å²) in [5.74, 6) is -1.99. The van der Waals surface area contributed by atoms with Crippen molar-refractivity contribution in [3.63, 3.8) is 0 Å². The molecular weight excluding hydrogens is 445 g/mol. The van der Waals surface area contributed by atoms with E-state index in [1.54, 1.807) is 6.92 Å². The molecule has 0 saturated carbocycles. The summed E-state index contributed by atoms with van der Waals surface area (Å²) in [6.07, 6.45) is -0.230. The van der Waals surface area contributed by atoms with Crippen LogP contribution in [0.3, 0.4) is 0 Å². The highest BCUT2D eigenvalue weighted by atomic mass is 19.1. The maximum absolute atomic E-state index is 14.2. The molecule has 0 saturated heterocycles. The predicted octanol–water partition coefficient (Wildman–Crippen LogP) is 5.24. The number of carbonyl (C=O) groups is 2. The maximum atomic E-state index is 14.2. The average Bonchev–Trinajstić information content (AvgIpc) is 3.16. The van der Waals surface area contributed by atoms with Crippen molar-refractivity contribution < 1.29 is 27.5 Å². The molecule has 178 valence electrons. The van der Waals surface area contributed by atoms with Crippen molar-refractivity contribution in [2.24, 2.45) is 0 Å². The number of para-hydroxylation sites is 1. The molecule has 2 aromatic carbocycles. The average molecular weight is 470 g/mol. The number of H-pyrrole nitrogens is 1. The molecule has 1 N–H and O–H groups in total. The van der Waals surface area contributed by atoms with Gasteiger partial charge in [-0.3, -0.25) is 4.79 Å². The second kappa shape index (κ2) is 9.00. The van der Waals surface area contributed by atoms with E-state index in [-0.39, 0.29) is 17.7 Å². The Morgan fingerprint density at radius 3 is 2.53 bits per heavy atom. The molecule has 1 aromatic heterocycles. The summed E-state index contributed by atoms with van der Waals surface area (Å²) < 4.78 is 45.4. The number of aromatic amines is 1. The van der Waals surface area contributed by atoms with E-state index in [1.807, 2.05) is 38.1 Å². The van der Waals surface area contributed by atoms with Gasteiger partial charge in [-0.15, -0.1) is 0 Å². The molecule has 3 aromatic rings. The largest absolute Gasteiger partial charge is 0.453 e. The molecule has 1 amide bonds. The number of benzene rings is 2. The first kappa shape index (κ1) is 23.6. The van der Waals surface area contributed by atoms with E-state index < -0.39 is 42.6 Å². The third-order valence-electron chi connectivity index (χ3n) is 6.02. The predicted molar refractivity (Wildman–Crippen MR) is 123 cm³/mol. The van der Waals surface area contributed by atoms with Crippen LogP contribution in [0.15, 0.2) is 48.7 Å². The first-order valence-electron chi connectivity index (χ1n) is 10.9. The van der Waals surface area contributed by atoms with Gasteiger partial charge < -0.3 is 14.6 Å². The molecule has 0 spiro atoms. The number of halogens is 3. The number of nitrogens with zero attached hydrogens (tertiary/aromatic N) is 1. The monoisotopic (exact) mass is 470 g/mol. The molecule has 1 aliphatic heterocycles. The lowest BCUT2D eigenvalue weighted by Gasteiger charge is -2.29. The van der Waals surface area contributed by atoms with E-state index in [1.165, 1.54) is 23.2 Å². The van der Waals surface area contributed by atoms with E-state index >= 15 is 0 Å². The van der Waals surface area contributed by atoms with Gasteiger partial charge in [0.25, 0.3) is 5.91 Å². The highest BCUT2D eigenvalue weighted by Gasteiger charge is 2.38. The summed E-state index contributed by atoms with van der Waals surface area (Å²) in [7, 11) is 0. The van der Waals surface area contributed by atoms with Gasteiger partial charge in [0, 0.05) is 34.6 Å². The number of rotatable bonds is 5. The quantitative estimate of drug-likeness (QED) is 0.519. The van der Waals surface area contributed by atoms with Crippen LogP contribution >= 0.6 is 0 Å². The Hall–Kier alpha value is -3.55. The standard InChI is InChI=1S/C26H25F3N2O3/c1-15-8-9-16(10-20(15)29)24(32)31-13-19(25(33)34-17(11-27)12-28)23-22(26(2,3)14-31)18-6-4-5-7-21(18)30-23/h4-10,13,17,30H,11-12,14H2,1-3H3. The maximum Gasteiger partial charge on any atom is 0.342 e. The lowest BCUT2D eigenvalue weighted by atomic mass is 9.81. The van der Waals surface area contributed by atoms with Crippen LogP contribution < -0.4 is 0 Å². The summed E-state index contributed by atoms with van der Waals surface area (Å²) in [6, 6.07) is 11.6. The second-order valence-electron chi connectivity index (χ2n) is 9.08. The van der Waals surface area contributed by atoms with Gasteiger partial charge in [0.05, 0.1) is 11.3 Å². The number of nitrogens with one attached hydrogen (secondary N) is 1. The van der Waals surface area contributed by atoms with Gasteiger partial charge in [-0.2, -0.15) is 0 Å². The number of fused-ring (bicyclic) bond motifs is 3. The smallest absolute Gasteiger partial charge is 0.342 e. The summed E-state index contributed by atoms with van der Waals surface area (Å²) in [4.78, 5) is 31.0. The van der Waals surface area contributed by atoms with Gasteiger partial charge in [-0.05, 0) is 36.2 Å². The van der Waals surface area contributed by atoms with Gasteiger partial charge in [0.15, 0.2) is 6.10 Å².